The second-order valence-corrected chi connectivity index (χ2v) is 5.59. The van der Waals surface area contributed by atoms with Crippen LogP contribution in [0.25, 0.3) is 0 Å². The van der Waals surface area contributed by atoms with Crippen LogP contribution in [-0.4, -0.2) is 42.2 Å². The molecule has 3 aliphatic rings. The number of anilines is 1. The Morgan fingerprint density at radius 1 is 1.42 bits per heavy atom. The zero-order valence-electron chi connectivity index (χ0n) is 11.6. The molecule has 1 aromatic rings. The molecule has 1 unspecified atom stereocenters. The highest BCUT2D eigenvalue weighted by atomic mass is 16.5. The van der Waals surface area contributed by atoms with Crippen LogP contribution in [-0.2, 0) is 0 Å². The first-order valence-corrected chi connectivity index (χ1v) is 7.43. The molecule has 4 nitrogen and oxygen atoms in total. The van der Waals surface area contributed by atoms with Crippen molar-refractivity contribution in [1.82, 2.24) is 9.88 Å². The summed E-state index contributed by atoms with van der Waals surface area (Å²) in [5.41, 5.74) is 0. The molecule has 0 aromatic carbocycles. The molecule has 2 bridgehead atoms. The van der Waals surface area contributed by atoms with E-state index in [0.29, 0.717) is 6.04 Å². The number of nitrogens with zero attached hydrogens (tertiary/aromatic N) is 2. The summed E-state index contributed by atoms with van der Waals surface area (Å²) < 4.78 is 5.77. The molecule has 0 spiro atoms. The monoisotopic (exact) mass is 261 g/mol. The van der Waals surface area contributed by atoms with E-state index in [-0.39, 0.29) is 0 Å². The summed E-state index contributed by atoms with van der Waals surface area (Å²) in [7, 11) is 0. The van der Waals surface area contributed by atoms with Gasteiger partial charge in [-0.3, -0.25) is 0 Å². The summed E-state index contributed by atoms with van der Waals surface area (Å²) in [5, 5.41) is 3.61. The van der Waals surface area contributed by atoms with Gasteiger partial charge >= 0.3 is 0 Å². The van der Waals surface area contributed by atoms with Crippen LogP contribution < -0.4 is 10.1 Å². The van der Waals surface area contributed by atoms with Crippen molar-refractivity contribution in [2.24, 2.45) is 5.92 Å². The first-order chi connectivity index (χ1) is 9.36. The Morgan fingerprint density at radius 2 is 2.26 bits per heavy atom. The first-order valence-electron chi connectivity index (χ1n) is 7.43. The maximum atomic E-state index is 5.77. The lowest BCUT2D eigenvalue weighted by molar-refractivity contribution is 0.0972. The lowest BCUT2D eigenvalue weighted by atomic mass is 9.84. The number of pyridine rings is 1. The molecule has 3 saturated heterocycles. The van der Waals surface area contributed by atoms with Gasteiger partial charge in [0.25, 0.3) is 0 Å². The zero-order valence-corrected chi connectivity index (χ0v) is 11.6. The smallest absolute Gasteiger partial charge is 0.169 e. The van der Waals surface area contributed by atoms with Crippen LogP contribution in [0.5, 0.6) is 5.75 Å². The molecule has 0 radical (unpaired) electrons. The highest BCUT2D eigenvalue weighted by molar-refractivity contribution is 5.50. The number of nitrogens with one attached hydrogen (secondary N) is 1. The van der Waals surface area contributed by atoms with Gasteiger partial charge in [0.2, 0.25) is 0 Å². The maximum absolute atomic E-state index is 5.77. The fraction of sp³-hybridized carbons (Fsp3) is 0.667. The minimum Gasteiger partial charge on any atom is -0.490 e. The average Bonchev–Trinajstić information content (AvgIpc) is 2.48. The fourth-order valence-corrected chi connectivity index (χ4v) is 3.13. The fourth-order valence-electron chi connectivity index (χ4n) is 3.13. The summed E-state index contributed by atoms with van der Waals surface area (Å²) in [5.74, 6) is 2.60. The highest BCUT2D eigenvalue weighted by Gasteiger charge is 2.34. The molecule has 19 heavy (non-hydrogen) atoms. The number of aromatic nitrogens is 1. The summed E-state index contributed by atoms with van der Waals surface area (Å²) in [6.45, 7) is 6.56. The van der Waals surface area contributed by atoms with E-state index < -0.39 is 0 Å². The molecule has 1 N–H and O–H groups in total. The number of fused-ring (bicyclic) bond motifs is 3. The molecule has 3 fully saturated rings. The lowest BCUT2D eigenvalue weighted by Gasteiger charge is -2.45. The third kappa shape index (κ3) is 2.84. The number of piperidine rings is 3. The SMILES string of the molecule is CCCOc1cccnc1NC1CN2CCC1CC2. The van der Waals surface area contributed by atoms with Crippen molar-refractivity contribution in [2.45, 2.75) is 32.2 Å². The van der Waals surface area contributed by atoms with Crippen LogP contribution >= 0.6 is 0 Å². The molecule has 1 aromatic heterocycles. The molecule has 3 aliphatic heterocycles. The van der Waals surface area contributed by atoms with E-state index in [0.717, 1.165) is 37.1 Å². The average molecular weight is 261 g/mol. The standard InChI is InChI=1S/C15H23N3O/c1-2-10-19-14-4-3-7-16-15(14)17-13-11-18-8-5-12(13)6-9-18/h3-4,7,12-13H,2,5-6,8-11H2,1H3,(H,16,17). The van der Waals surface area contributed by atoms with E-state index >= 15 is 0 Å². The number of rotatable bonds is 5. The normalized spacial score (nSPS) is 29.2. The van der Waals surface area contributed by atoms with Crippen LogP contribution in [0.2, 0.25) is 0 Å². The Kier molecular flexibility index (Phi) is 3.87. The van der Waals surface area contributed by atoms with Gasteiger partial charge < -0.3 is 15.0 Å². The van der Waals surface area contributed by atoms with Gasteiger partial charge in [-0.15, -0.1) is 0 Å². The maximum Gasteiger partial charge on any atom is 0.169 e. The minimum absolute atomic E-state index is 0.529. The van der Waals surface area contributed by atoms with Crippen LogP contribution in [0.1, 0.15) is 26.2 Å². The third-order valence-corrected chi connectivity index (χ3v) is 4.21. The summed E-state index contributed by atoms with van der Waals surface area (Å²) in [6, 6.07) is 4.47. The molecular formula is C15H23N3O. The van der Waals surface area contributed by atoms with E-state index in [1.807, 2.05) is 18.3 Å². The molecule has 4 rings (SSSR count). The van der Waals surface area contributed by atoms with Gasteiger partial charge in [0, 0.05) is 18.8 Å². The molecule has 4 heteroatoms. The van der Waals surface area contributed by atoms with Crippen LogP contribution in [0.4, 0.5) is 5.82 Å². The quantitative estimate of drug-likeness (QED) is 0.883. The first kappa shape index (κ1) is 12.7. The van der Waals surface area contributed by atoms with E-state index in [1.54, 1.807) is 0 Å². The second kappa shape index (κ2) is 5.78. The van der Waals surface area contributed by atoms with Gasteiger partial charge in [-0.05, 0) is 50.4 Å². The van der Waals surface area contributed by atoms with Crippen molar-refractivity contribution < 1.29 is 4.74 Å². The van der Waals surface area contributed by atoms with Crippen LogP contribution in [0.15, 0.2) is 18.3 Å². The molecular weight excluding hydrogens is 238 g/mol. The Hall–Kier alpha value is -1.29. The zero-order chi connectivity index (χ0) is 13.1. The molecule has 104 valence electrons. The Labute approximate surface area is 115 Å². The molecule has 0 saturated carbocycles. The second-order valence-electron chi connectivity index (χ2n) is 5.59. The molecule has 4 heterocycles. The highest BCUT2D eigenvalue weighted by Crippen LogP contribution is 2.31. The van der Waals surface area contributed by atoms with E-state index in [9.17, 15) is 0 Å². The molecule has 0 amide bonds. The largest absolute Gasteiger partial charge is 0.490 e. The number of hydrogen-bond donors (Lipinski definition) is 1. The topological polar surface area (TPSA) is 37.4 Å². The van der Waals surface area contributed by atoms with Crippen molar-refractivity contribution in [3.05, 3.63) is 18.3 Å². The van der Waals surface area contributed by atoms with Gasteiger partial charge in [-0.2, -0.15) is 0 Å². The lowest BCUT2D eigenvalue weighted by Crippen LogP contribution is -2.53. The summed E-state index contributed by atoms with van der Waals surface area (Å²) in [4.78, 5) is 7.00. The molecule has 0 aliphatic carbocycles. The predicted octanol–water partition coefficient (Wildman–Crippen LogP) is 2.38. The van der Waals surface area contributed by atoms with Gasteiger partial charge in [0.15, 0.2) is 11.6 Å². The van der Waals surface area contributed by atoms with Crippen molar-refractivity contribution in [1.29, 1.82) is 0 Å². The summed E-state index contributed by atoms with van der Waals surface area (Å²) in [6.07, 6.45) is 5.49. The van der Waals surface area contributed by atoms with Gasteiger partial charge in [-0.1, -0.05) is 6.92 Å². The van der Waals surface area contributed by atoms with Gasteiger partial charge in [0.05, 0.1) is 6.61 Å². The number of hydrogen-bond acceptors (Lipinski definition) is 4. The Morgan fingerprint density at radius 3 is 2.95 bits per heavy atom. The van der Waals surface area contributed by atoms with Crippen molar-refractivity contribution in [2.75, 3.05) is 31.6 Å². The number of ether oxygens (including phenoxy) is 1. The van der Waals surface area contributed by atoms with Crippen molar-refractivity contribution in [3.63, 3.8) is 0 Å². The Bertz CT molecular complexity index is 416. The third-order valence-electron chi connectivity index (χ3n) is 4.21. The molecule has 1 atom stereocenters. The van der Waals surface area contributed by atoms with E-state index in [2.05, 4.69) is 22.1 Å². The van der Waals surface area contributed by atoms with Gasteiger partial charge in [0.1, 0.15) is 0 Å². The van der Waals surface area contributed by atoms with Crippen molar-refractivity contribution in [3.8, 4) is 5.75 Å². The van der Waals surface area contributed by atoms with Crippen LogP contribution in [0.3, 0.4) is 0 Å². The van der Waals surface area contributed by atoms with E-state index in [1.165, 1.54) is 25.9 Å². The van der Waals surface area contributed by atoms with Crippen LogP contribution in [0, 0.1) is 5.92 Å². The summed E-state index contributed by atoms with van der Waals surface area (Å²) >= 11 is 0. The van der Waals surface area contributed by atoms with E-state index in [4.69, 9.17) is 4.74 Å². The van der Waals surface area contributed by atoms with Crippen molar-refractivity contribution >= 4 is 5.82 Å². The Balaban J connectivity index is 1.69. The minimum atomic E-state index is 0.529. The van der Waals surface area contributed by atoms with Gasteiger partial charge in [-0.25, -0.2) is 4.98 Å². The predicted molar refractivity (Wildman–Crippen MR) is 76.6 cm³/mol.